The van der Waals surface area contributed by atoms with Gasteiger partial charge in [0.05, 0.1) is 30.7 Å². The zero-order chi connectivity index (χ0) is 26.0. The van der Waals surface area contributed by atoms with Crippen LogP contribution in [-0.4, -0.2) is 44.8 Å². The predicted molar refractivity (Wildman–Crippen MR) is 139 cm³/mol. The minimum Gasteiger partial charge on any atom is -0.493 e. The number of aryl methyl sites for hydroxylation is 2. The molecule has 1 aromatic heterocycles. The summed E-state index contributed by atoms with van der Waals surface area (Å²) in [7, 11) is 3.22. The van der Waals surface area contributed by atoms with Gasteiger partial charge in [-0.3, -0.25) is 9.59 Å². The molecule has 0 saturated carbocycles. The van der Waals surface area contributed by atoms with Gasteiger partial charge < -0.3 is 23.5 Å². The third kappa shape index (κ3) is 4.85. The molecule has 0 N–H and O–H groups in total. The van der Waals surface area contributed by atoms with Gasteiger partial charge in [0.25, 0.3) is 5.91 Å². The minimum absolute atomic E-state index is 0.109. The second-order valence-corrected chi connectivity index (χ2v) is 9.82. The van der Waals surface area contributed by atoms with Crippen LogP contribution in [0.1, 0.15) is 65.5 Å². The van der Waals surface area contributed by atoms with Gasteiger partial charge in [-0.25, -0.2) is 0 Å². The maximum Gasteiger partial charge on any atom is 0.290 e. The largest absolute Gasteiger partial charge is 0.493 e. The van der Waals surface area contributed by atoms with E-state index in [1.807, 2.05) is 44.2 Å². The van der Waals surface area contributed by atoms with E-state index in [2.05, 4.69) is 13.8 Å². The predicted octanol–water partition coefficient (Wildman–Crippen LogP) is 5.43. The van der Waals surface area contributed by atoms with E-state index in [0.29, 0.717) is 60.1 Å². The highest BCUT2D eigenvalue weighted by molar-refractivity contribution is 5.99. The number of benzene rings is 2. The van der Waals surface area contributed by atoms with Crippen LogP contribution in [0.15, 0.2) is 39.5 Å². The van der Waals surface area contributed by atoms with E-state index in [9.17, 15) is 9.59 Å². The van der Waals surface area contributed by atoms with E-state index < -0.39 is 6.04 Å². The summed E-state index contributed by atoms with van der Waals surface area (Å²) >= 11 is 0. The van der Waals surface area contributed by atoms with Crippen LogP contribution < -0.4 is 14.9 Å². The van der Waals surface area contributed by atoms with Crippen molar-refractivity contribution in [2.24, 2.45) is 5.92 Å². The van der Waals surface area contributed by atoms with Crippen molar-refractivity contribution in [2.75, 3.05) is 34.0 Å². The number of hydrogen-bond donors (Lipinski definition) is 0. The molecule has 1 atom stereocenters. The highest BCUT2D eigenvalue weighted by Gasteiger charge is 2.42. The second-order valence-electron chi connectivity index (χ2n) is 9.82. The van der Waals surface area contributed by atoms with Crippen LogP contribution in [0.2, 0.25) is 0 Å². The third-order valence-corrected chi connectivity index (χ3v) is 6.60. The van der Waals surface area contributed by atoms with E-state index in [0.717, 1.165) is 23.1 Å². The zero-order valence-corrected chi connectivity index (χ0v) is 22.0. The third-order valence-electron chi connectivity index (χ3n) is 6.60. The number of carbonyl (C=O) groups excluding carboxylic acids is 1. The van der Waals surface area contributed by atoms with Gasteiger partial charge >= 0.3 is 0 Å². The number of ether oxygens (including phenoxy) is 3. The van der Waals surface area contributed by atoms with Gasteiger partial charge in [0.2, 0.25) is 5.76 Å². The summed E-state index contributed by atoms with van der Waals surface area (Å²) in [6.45, 7) is 9.63. The molecular weight excluding hydrogens is 458 g/mol. The van der Waals surface area contributed by atoms with Crippen LogP contribution in [0.3, 0.4) is 0 Å². The molecule has 0 radical (unpaired) electrons. The van der Waals surface area contributed by atoms with Gasteiger partial charge in [0.15, 0.2) is 16.9 Å². The molecular formula is C29H35NO6. The van der Waals surface area contributed by atoms with Gasteiger partial charge in [0.1, 0.15) is 5.58 Å². The number of amides is 1. The van der Waals surface area contributed by atoms with Crippen molar-refractivity contribution >= 4 is 16.9 Å². The number of carbonyl (C=O) groups is 1. The zero-order valence-electron chi connectivity index (χ0n) is 22.0. The summed E-state index contributed by atoms with van der Waals surface area (Å²) in [5.74, 6) is 1.54. The van der Waals surface area contributed by atoms with Gasteiger partial charge in [-0.1, -0.05) is 26.0 Å². The first-order valence-corrected chi connectivity index (χ1v) is 12.4. The van der Waals surface area contributed by atoms with Crippen molar-refractivity contribution in [3.63, 3.8) is 0 Å². The van der Waals surface area contributed by atoms with E-state index in [1.54, 1.807) is 19.1 Å². The lowest BCUT2D eigenvalue weighted by Gasteiger charge is -2.25. The monoisotopic (exact) mass is 493 g/mol. The van der Waals surface area contributed by atoms with Crippen molar-refractivity contribution in [1.82, 2.24) is 4.90 Å². The molecule has 1 unspecified atom stereocenters. The van der Waals surface area contributed by atoms with E-state index in [-0.39, 0.29) is 17.1 Å². The molecule has 2 aromatic carbocycles. The molecule has 1 amide bonds. The molecule has 192 valence electrons. The van der Waals surface area contributed by atoms with Crippen LogP contribution >= 0.6 is 0 Å². The molecule has 1 aliphatic rings. The molecule has 0 spiro atoms. The van der Waals surface area contributed by atoms with Crippen LogP contribution in [-0.2, 0) is 4.74 Å². The van der Waals surface area contributed by atoms with Gasteiger partial charge in [-0.15, -0.1) is 0 Å². The number of rotatable bonds is 10. The van der Waals surface area contributed by atoms with Crippen LogP contribution in [0.25, 0.3) is 11.0 Å². The lowest BCUT2D eigenvalue weighted by molar-refractivity contribution is 0.0707. The van der Waals surface area contributed by atoms with Crippen LogP contribution in [0.4, 0.5) is 0 Å². The number of nitrogens with zero attached hydrogens (tertiary/aromatic N) is 1. The fourth-order valence-corrected chi connectivity index (χ4v) is 4.81. The molecule has 7 heteroatoms. The molecule has 36 heavy (non-hydrogen) atoms. The van der Waals surface area contributed by atoms with Crippen molar-refractivity contribution in [1.29, 1.82) is 0 Å². The summed E-state index contributed by atoms with van der Waals surface area (Å²) in [4.78, 5) is 29.1. The molecule has 2 heterocycles. The van der Waals surface area contributed by atoms with Crippen molar-refractivity contribution in [3.8, 4) is 11.5 Å². The fraction of sp³-hybridized carbons (Fsp3) is 0.448. The Morgan fingerprint density at radius 3 is 2.50 bits per heavy atom. The fourth-order valence-electron chi connectivity index (χ4n) is 4.81. The summed E-state index contributed by atoms with van der Waals surface area (Å²) in [6, 6.07) is 8.79. The normalized spacial score (nSPS) is 15.1. The number of methoxy groups -OCH3 is 2. The Morgan fingerprint density at radius 1 is 1.03 bits per heavy atom. The van der Waals surface area contributed by atoms with Crippen molar-refractivity contribution in [2.45, 2.75) is 46.6 Å². The van der Waals surface area contributed by atoms with Crippen molar-refractivity contribution in [3.05, 3.63) is 68.6 Å². The lowest BCUT2D eigenvalue weighted by Crippen LogP contribution is -2.31. The lowest BCUT2D eigenvalue weighted by atomic mass is 9.97. The van der Waals surface area contributed by atoms with E-state index in [4.69, 9.17) is 18.6 Å². The summed E-state index contributed by atoms with van der Waals surface area (Å²) in [5, 5.41) is 0.489. The molecule has 0 fully saturated rings. The average molecular weight is 494 g/mol. The topological polar surface area (TPSA) is 78.2 Å². The molecule has 0 bridgehead atoms. The first kappa shape index (κ1) is 25.8. The summed E-state index contributed by atoms with van der Waals surface area (Å²) in [6.07, 6.45) is 1.56. The quantitative estimate of drug-likeness (QED) is 0.351. The Bertz CT molecular complexity index is 1330. The highest BCUT2D eigenvalue weighted by atomic mass is 16.5. The first-order chi connectivity index (χ1) is 17.3. The summed E-state index contributed by atoms with van der Waals surface area (Å²) < 4.78 is 23.0. The van der Waals surface area contributed by atoms with Gasteiger partial charge in [0, 0.05) is 20.3 Å². The number of fused-ring (bicyclic) bond motifs is 2. The van der Waals surface area contributed by atoms with Crippen LogP contribution in [0, 0.1) is 19.8 Å². The Kier molecular flexibility index (Phi) is 7.69. The molecule has 0 aliphatic carbocycles. The first-order valence-electron chi connectivity index (χ1n) is 12.4. The van der Waals surface area contributed by atoms with Gasteiger partial charge in [-0.2, -0.15) is 0 Å². The van der Waals surface area contributed by atoms with Crippen LogP contribution in [0.5, 0.6) is 11.5 Å². The molecule has 4 rings (SSSR count). The average Bonchev–Trinajstić information content (AvgIpc) is 3.12. The number of hydrogen-bond acceptors (Lipinski definition) is 6. The van der Waals surface area contributed by atoms with Crippen molar-refractivity contribution < 1.29 is 23.4 Å². The summed E-state index contributed by atoms with van der Waals surface area (Å²) in [5.41, 5.74) is 3.21. The van der Waals surface area contributed by atoms with E-state index >= 15 is 0 Å². The highest BCUT2D eigenvalue weighted by Crippen LogP contribution is 2.41. The Labute approximate surface area is 212 Å². The standard InChI is InChI=1S/C29H35NO6/c1-17(2)10-13-35-22-9-8-20(16-23(22)34-6)25-24-26(31)21-15-18(3)14-19(4)27(21)36-28(24)29(32)30(25)11-7-12-33-5/h8-9,14-17,25H,7,10-13H2,1-6H3. The minimum atomic E-state index is -0.593. The molecule has 7 nitrogen and oxygen atoms in total. The Hall–Kier alpha value is -3.32. The molecule has 1 aliphatic heterocycles. The van der Waals surface area contributed by atoms with E-state index in [1.165, 1.54) is 0 Å². The Balaban J connectivity index is 1.84. The maximum atomic E-state index is 13.8. The molecule has 3 aromatic rings. The molecule has 0 saturated heterocycles. The maximum absolute atomic E-state index is 13.8. The second kappa shape index (κ2) is 10.7. The van der Waals surface area contributed by atoms with Gasteiger partial charge in [-0.05, 0) is 67.5 Å². The Morgan fingerprint density at radius 2 is 1.81 bits per heavy atom. The SMILES string of the molecule is COCCCN1C(=O)c2oc3c(C)cc(C)cc3c(=O)c2C1c1ccc(OCCC(C)C)c(OC)c1. The smallest absolute Gasteiger partial charge is 0.290 e.